The average molecular weight is 266 g/mol. The van der Waals surface area contributed by atoms with Crippen LogP contribution in [0.2, 0.25) is 0 Å². The number of anilines is 1. The van der Waals surface area contributed by atoms with Crippen LogP contribution in [0.1, 0.15) is 16.1 Å². The Hall–Kier alpha value is -1.46. The molecule has 2 rings (SSSR count). The van der Waals surface area contributed by atoms with Crippen LogP contribution in [-0.2, 0) is 17.8 Å². The molecule has 0 bridgehead atoms. The Morgan fingerprint density at radius 3 is 2.94 bits per heavy atom. The molecule has 5 heteroatoms. The Balaban J connectivity index is 1.78. The number of thiazole rings is 1. The van der Waals surface area contributed by atoms with Gasteiger partial charge in [0.25, 0.3) is 0 Å². The summed E-state index contributed by atoms with van der Waals surface area (Å²) in [4.78, 5) is 5.41. The van der Waals surface area contributed by atoms with Gasteiger partial charge in [-0.3, -0.25) is 0 Å². The third-order valence-electron chi connectivity index (χ3n) is 2.65. The highest BCUT2D eigenvalue weighted by molar-refractivity contribution is 7.09. The number of hydrogen-bond acceptors (Lipinski definition) is 4. The topological polar surface area (TPSA) is 48.1 Å². The van der Waals surface area contributed by atoms with Crippen molar-refractivity contribution in [2.45, 2.75) is 20.0 Å². The molecular formula is C13H15FN2OS. The molecule has 0 unspecified atom stereocenters. The minimum Gasteiger partial charge on any atom is -0.396 e. The van der Waals surface area contributed by atoms with E-state index >= 15 is 0 Å². The second-order valence-corrected chi connectivity index (χ2v) is 4.96. The molecule has 18 heavy (non-hydrogen) atoms. The highest BCUT2D eigenvalue weighted by Gasteiger charge is 2.02. The summed E-state index contributed by atoms with van der Waals surface area (Å²) in [5.41, 5.74) is 9.25. The Labute approximate surface area is 109 Å². The van der Waals surface area contributed by atoms with E-state index in [1.165, 1.54) is 10.9 Å². The molecule has 0 aliphatic heterocycles. The first kappa shape index (κ1) is 13.0. The lowest BCUT2D eigenvalue weighted by Gasteiger charge is -2.05. The van der Waals surface area contributed by atoms with Gasteiger partial charge in [0.15, 0.2) is 0 Å². The van der Waals surface area contributed by atoms with Crippen LogP contribution < -0.4 is 5.73 Å². The maximum absolute atomic E-state index is 13.2. The van der Waals surface area contributed by atoms with Crippen molar-refractivity contribution >= 4 is 17.0 Å². The van der Waals surface area contributed by atoms with E-state index < -0.39 is 5.82 Å². The summed E-state index contributed by atoms with van der Waals surface area (Å²) in [5, 5.41) is 0. The van der Waals surface area contributed by atoms with E-state index in [-0.39, 0.29) is 5.69 Å². The lowest BCUT2D eigenvalue weighted by molar-refractivity contribution is 0.124. The van der Waals surface area contributed by atoms with Crippen LogP contribution in [0.5, 0.6) is 0 Å². The molecule has 1 heterocycles. The Kier molecular flexibility index (Phi) is 4.28. The first-order chi connectivity index (χ1) is 8.66. The number of hydrogen-bond donors (Lipinski definition) is 1. The summed E-state index contributed by atoms with van der Waals surface area (Å²) in [6, 6.07) is 4.74. The van der Waals surface area contributed by atoms with E-state index in [1.54, 1.807) is 23.5 Å². The van der Waals surface area contributed by atoms with E-state index in [9.17, 15) is 4.39 Å². The molecule has 0 saturated carbocycles. The van der Waals surface area contributed by atoms with Gasteiger partial charge in [0.2, 0.25) is 0 Å². The molecular weight excluding hydrogens is 251 g/mol. The Morgan fingerprint density at radius 1 is 1.44 bits per heavy atom. The van der Waals surface area contributed by atoms with Crippen molar-refractivity contribution in [3.63, 3.8) is 0 Å². The van der Waals surface area contributed by atoms with Gasteiger partial charge >= 0.3 is 0 Å². The van der Waals surface area contributed by atoms with Crippen LogP contribution in [0.15, 0.2) is 23.7 Å². The molecule has 3 nitrogen and oxygen atoms in total. The molecule has 0 saturated heterocycles. The summed E-state index contributed by atoms with van der Waals surface area (Å²) < 4.78 is 18.7. The zero-order valence-corrected chi connectivity index (χ0v) is 11.0. The highest BCUT2D eigenvalue weighted by Crippen LogP contribution is 2.14. The van der Waals surface area contributed by atoms with Crippen molar-refractivity contribution in [3.8, 4) is 0 Å². The third kappa shape index (κ3) is 3.27. The largest absolute Gasteiger partial charge is 0.396 e. The van der Waals surface area contributed by atoms with Crippen molar-refractivity contribution in [1.82, 2.24) is 4.98 Å². The van der Waals surface area contributed by atoms with Gasteiger partial charge in [0.05, 0.1) is 30.1 Å². The summed E-state index contributed by atoms with van der Waals surface area (Å²) >= 11 is 1.63. The van der Waals surface area contributed by atoms with E-state index in [2.05, 4.69) is 4.98 Å². The van der Waals surface area contributed by atoms with Gasteiger partial charge in [-0.05, 0) is 24.6 Å². The predicted octanol–water partition coefficient (Wildman–Crippen LogP) is 2.93. The number of aryl methyl sites for hydroxylation is 1. The van der Waals surface area contributed by atoms with E-state index in [0.717, 1.165) is 17.7 Å². The number of nitrogens with two attached hydrogens (primary N) is 1. The van der Waals surface area contributed by atoms with E-state index in [4.69, 9.17) is 10.5 Å². The van der Waals surface area contributed by atoms with E-state index in [0.29, 0.717) is 13.2 Å². The molecule has 0 spiro atoms. The lowest BCUT2D eigenvalue weighted by Crippen LogP contribution is -2.00. The summed E-state index contributed by atoms with van der Waals surface area (Å²) in [7, 11) is 0. The fourth-order valence-electron chi connectivity index (χ4n) is 1.58. The summed E-state index contributed by atoms with van der Waals surface area (Å²) in [6.07, 6.45) is 0.841. The fraction of sp³-hybridized carbons (Fsp3) is 0.308. The van der Waals surface area contributed by atoms with Crippen LogP contribution in [0, 0.1) is 12.7 Å². The summed E-state index contributed by atoms with van der Waals surface area (Å²) in [6.45, 7) is 2.99. The maximum atomic E-state index is 13.2. The molecule has 0 amide bonds. The smallest absolute Gasteiger partial charge is 0.146 e. The van der Waals surface area contributed by atoms with Gasteiger partial charge in [-0.2, -0.15) is 0 Å². The number of rotatable bonds is 5. The second-order valence-electron chi connectivity index (χ2n) is 4.02. The molecule has 2 N–H and O–H groups in total. The van der Waals surface area contributed by atoms with Crippen molar-refractivity contribution < 1.29 is 9.13 Å². The van der Waals surface area contributed by atoms with Gasteiger partial charge in [-0.1, -0.05) is 6.07 Å². The Morgan fingerprint density at radius 2 is 2.28 bits per heavy atom. The van der Waals surface area contributed by atoms with Gasteiger partial charge in [0.1, 0.15) is 5.82 Å². The van der Waals surface area contributed by atoms with E-state index in [1.807, 2.05) is 12.4 Å². The van der Waals surface area contributed by atoms with Crippen molar-refractivity contribution in [1.29, 1.82) is 0 Å². The molecule has 0 aliphatic rings. The van der Waals surface area contributed by atoms with Crippen LogP contribution in [0.25, 0.3) is 0 Å². The van der Waals surface area contributed by atoms with Crippen LogP contribution in [-0.4, -0.2) is 11.6 Å². The summed E-state index contributed by atoms with van der Waals surface area (Å²) in [5.74, 6) is -0.394. The number of ether oxygens (including phenoxy) is 1. The molecule has 1 aromatic heterocycles. The molecule has 1 aromatic carbocycles. The molecule has 0 radical (unpaired) electrons. The molecule has 0 fully saturated rings. The molecule has 2 aromatic rings. The highest BCUT2D eigenvalue weighted by atomic mass is 32.1. The SMILES string of the molecule is Cc1ncsc1CCOCc1ccc(N)c(F)c1. The fourth-order valence-corrected chi connectivity index (χ4v) is 2.34. The zero-order valence-electron chi connectivity index (χ0n) is 10.1. The van der Waals surface area contributed by atoms with Crippen molar-refractivity contribution in [3.05, 3.63) is 45.7 Å². The van der Waals surface area contributed by atoms with Gasteiger partial charge in [-0.25, -0.2) is 9.37 Å². The quantitative estimate of drug-likeness (QED) is 0.668. The van der Waals surface area contributed by atoms with Crippen LogP contribution in [0.3, 0.4) is 0 Å². The molecule has 96 valence electrons. The maximum Gasteiger partial charge on any atom is 0.146 e. The minimum absolute atomic E-state index is 0.166. The number of aromatic nitrogens is 1. The second kappa shape index (κ2) is 5.93. The monoisotopic (exact) mass is 266 g/mol. The van der Waals surface area contributed by atoms with Gasteiger partial charge in [-0.15, -0.1) is 11.3 Å². The minimum atomic E-state index is -0.394. The number of benzene rings is 1. The van der Waals surface area contributed by atoms with Gasteiger partial charge in [0, 0.05) is 11.3 Å². The standard InChI is InChI=1S/C13H15FN2OS/c1-9-13(18-8-16-9)4-5-17-7-10-2-3-12(15)11(14)6-10/h2-3,6,8H,4-5,7,15H2,1H3. The normalized spacial score (nSPS) is 10.8. The van der Waals surface area contributed by atoms with Crippen LogP contribution >= 0.6 is 11.3 Å². The average Bonchev–Trinajstić information content (AvgIpc) is 2.75. The van der Waals surface area contributed by atoms with Crippen LogP contribution in [0.4, 0.5) is 10.1 Å². The van der Waals surface area contributed by atoms with Gasteiger partial charge < -0.3 is 10.5 Å². The zero-order chi connectivity index (χ0) is 13.0. The predicted molar refractivity (Wildman–Crippen MR) is 71.0 cm³/mol. The van der Waals surface area contributed by atoms with Crippen molar-refractivity contribution in [2.24, 2.45) is 0 Å². The first-order valence-electron chi connectivity index (χ1n) is 5.67. The molecule has 0 atom stereocenters. The number of nitrogens with zero attached hydrogens (tertiary/aromatic N) is 1. The first-order valence-corrected chi connectivity index (χ1v) is 6.55. The lowest BCUT2D eigenvalue weighted by atomic mass is 10.2. The third-order valence-corrected chi connectivity index (χ3v) is 3.65. The van der Waals surface area contributed by atoms with Crippen molar-refractivity contribution in [2.75, 3.05) is 12.3 Å². The Bertz CT molecular complexity index is 527. The number of halogens is 1. The number of nitrogen functional groups attached to an aromatic ring is 1. The molecule has 0 aliphatic carbocycles.